The van der Waals surface area contributed by atoms with Crippen LogP contribution in [0.15, 0.2) is 191 Å². The fourth-order valence-corrected chi connectivity index (χ4v) is 10.1. The van der Waals surface area contributed by atoms with Crippen LogP contribution in [0.1, 0.15) is 29.0 Å². The Morgan fingerprint density at radius 1 is 0.544 bits per heavy atom. The van der Waals surface area contributed by atoms with E-state index in [-0.39, 0.29) is 12.3 Å². The number of nitrogens with zero attached hydrogens (tertiary/aromatic N) is 2. The van der Waals surface area contributed by atoms with Crippen molar-refractivity contribution < 1.29 is 4.42 Å². The topological polar surface area (TPSA) is 54.5 Å². The first-order valence-electron chi connectivity index (χ1n) is 19.4. The van der Waals surface area contributed by atoms with Crippen LogP contribution in [0.25, 0.3) is 80.7 Å². The number of benzene rings is 8. The average molecular weight is 751 g/mol. The van der Waals surface area contributed by atoms with Crippen LogP contribution in [0.5, 0.6) is 0 Å². The number of rotatable bonds is 5. The van der Waals surface area contributed by atoms with Crippen molar-refractivity contribution in [2.24, 2.45) is 4.99 Å². The molecule has 0 radical (unpaired) electrons. The smallest absolute Gasteiger partial charge is 0.136 e. The Balaban J connectivity index is 0.995. The lowest BCUT2D eigenvalue weighted by molar-refractivity contribution is 0.411. The molecule has 11 aromatic rings. The molecule has 1 aliphatic heterocycles. The van der Waals surface area contributed by atoms with Gasteiger partial charge in [0.2, 0.25) is 0 Å². The molecule has 270 valence electrons. The minimum absolute atomic E-state index is 0.0964. The second-order valence-corrected chi connectivity index (χ2v) is 15.8. The summed E-state index contributed by atoms with van der Waals surface area (Å²) in [7, 11) is 0. The van der Waals surface area contributed by atoms with Gasteiger partial charge in [-0.2, -0.15) is 0 Å². The maximum absolute atomic E-state index is 6.54. The van der Waals surface area contributed by atoms with Gasteiger partial charge < -0.3 is 14.3 Å². The molecule has 0 bridgehead atoms. The molecular formula is C51H34N4OS. The van der Waals surface area contributed by atoms with Gasteiger partial charge in [0.05, 0.1) is 11.0 Å². The van der Waals surface area contributed by atoms with Crippen LogP contribution in [0, 0.1) is 0 Å². The fourth-order valence-electron chi connectivity index (χ4n) is 8.88. The fraction of sp³-hybridized carbons (Fsp3) is 0.0392. The van der Waals surface area contributed by atoms with Gasteiger partial charge in [-0.15, -0.1) is 11.3 Å². The predicted molar refractivity (Wildman–Crippen MR) is 238 cm³/mol. The van der Waals surface area contributed by atoms with Gasteiger partial charge in [0.1, 0.15) is 29.3 Å². The van der Waals surface area contributed by atoms with Crippen molar-refractivity contribution in [3.8, 4) is 16.8 Å². The number of amidine groups is 1. The number of hydrogen-bond donors (Lipinski definition) is 2. The van der Waals surface area contributed by atoms with Crippen LogP contribution in [-0.2, 0) is 0 Å². The molecule has 0 saturated heterocycles. The van der Waals surface area contributed by atoms with Gasteiger partial charge in [0.15, 0.2) is 0 Å². The van der Waals surface area contributed by atoms with Crippen LogP contribution >= 0.6 is 11.3 Å². The van der Waals surface area contributed by atoms with E-state index in [1.54, 1.807) is 0 Å². The van der Waals surface area contributed by atoms with Crippen LogP contribution in [0.4, 0.5) is 0 Å². The van der Waals surface area contributed by atoms with E-state index in [1.165, 1.54) is 53.1 Å². The average Bonchev–Trinajstić information content (AvgIpc) is 3.96. The molecule has 2 N–H and O–H groups in total. The third kappa shape index (κ3) is 5.15. The van der Waals surface area contributed by atoms with Crippen LogP contribution in [0.3, 0.4) is 0 Å². The lowest BCUT2D eigenvalue weighted by Gasteiger charge is -2.32. The number of fused-ring (bicyclic) bond motifs is 9. The van der Waals surface area contributed by atoms with E-state index >= 15 is 0 Å². The number of furan rings is 1. The van der Waals surface area contributed by atoms with Crippen LogP contribution < -0.4 is 10.6 Å². The second kappa shape index (κ2) is 12.8. The van der Waals surface area contributed by atoms with Gasteiger partial charge in [0, 0.05) is 58.5 Å². The first-order valence-corrected chi connectivity index (χ1v) is 20.2. The van der Waals surface area contributed by atoms with Gasteiger partial charge >= 0.3 is 0 Å². The number of aliphatic imine (C=N–C) groups is 1. The molecule has 0 aliphatic carbocycles. The summed E-state index contributed by atoms with van der Waals surface area (Å²) in [5, 5.41) is 14.7. The maximum atomic E-state index is 6.54. The summed E-state index contributed by atoms with van der Waals surface area (Å²) in [6.07, 6.45) is -0.335. The molecule has 3 aromatic heterocycles. The lowest BCUT2D eigenvalue weighted by Crippen LogP contribution is -2.44. The van der Waals surface area contributed by atoms with E-state index in [9.17, 15) is 0 Å². The van der Waals surface area contributed by atoms with Crippen LogP contribution in [0.2, 0.25) is 0 Å². The molecule has 1 aliphatic rings. The van der Waals surface area contributed by atoms with Gasteiger partial charge in [-0.1, -0.05) is 133 Å². The Bertz CT molecular complexity index is 3320. The summed E-state index contributed by atoms with van der Waals surface area (Å²) in [6.45, 7) is 0. The number of nitrogens with one attached hydrogen (secondary N) is 2. The molecular weight excluding hydrogens is 717 g/mol. The van der Waals surface area contributed by atoms with E-state index < -0.39 is 0 Å². The van der Waals surface area contributed by atoms with Crippen molar-refractivity contribution in [3.05, 3.63) is 199 Å². The van der Waals surface area contributed by atoms with Crippen LogP contribution in [-0.4, -0.2) is 10.4 Å². The third-order valence-electron chi connectivity index (χ3n) is 11.5. The zero-order valence-electron chi connectivity index (χ0n) is 30.7. The summed E-state index contributed by atoms with van der Waals surface area (Å²) in [5.41, 5.74) is 11.0. The standard InChI is InChI=1S/C51H34N4OS/c1-3-13-31(14-4-1)49-52-50(32-15-5-2-6-16-32)54-51(53-49)39-21-11-20-38-40-29-33(25-28-46(40)57-48(38)39)35-19-12-24-45-47(35)41-30-34(26-27-44(41)56-45)55-42-22-9-7-17-36(42)37-18-8-10-23-43(37)55/h1-30,49,51,53H,(H,52,54). The van der Waals surface area contributed by atoms with E-state index in [4.69, 9.17) is 9.41 Å². The van der Waals surface area contributed by atoms with Crippen molar-refractivity contribution >= 4 is 81.1 Å². The highest BCUT2D eigenvalue weighted by Crippen LogP contribution is 2.44. The Morgan fingerprint density at radius 3 is 2.07 bits per heavy atom. The SMILES string of the molecule is c1ccc(C2=NC(c3cccc4c3sc3ccc(-c5cccc6oc7ccc(-n8c9ccccc9c9ccccc98)cc7c56)cc34)NC(c3ccccc3)N2)cc1. The number of aromatic nitrogens is 1. The molecule has 6 heteroatoms. The van der Waals surface area contributed by atoms with Crippen molar-refractivity contribution in [2.45, 2.75) is 12.3 Å². The van der Waals surface area contributed by atoms with Crippen molar-refractivity contribution in [3.63, 3.8) is 0 Å². The molecule has 0 spiro atoms. The van der Waals surface area contributed by atoms with Gasteiger partial charge in [0.25, 0.3) is 0 Å². The maximum Gasteiger partial charge on any atom is 0.136 e. The molecule has 57 heavy (non-hydrogen) atoms. The molecule has 2 unspecified atom stereocenters. The lowest BCUT2D eigenvalue weighted by atomic mass is 9.97. The Hall–Kier alpha value is -6.99. The quantitative estimate of drug-likeness (QED) is 0.184. The highest BCUT2D eigenvalue weighted by molar-refractivity contribution is 7.26. The summed E-state index contributed by atoms with van der Waals surface area (Å²) in [5.74, 6) is 0.885. The Kier molecular flexibility index (Phi) is 7.24. The number of para-hydroxylation sites is 2. The molecule has 0 fully saturated rings. The molecule has 2 atom stereocenters. The highest BCUT2D eigenvalue weighted by atomic mass is 32.1. The molecule has 4 heterocycles. The zero-order valence-corrected chi connectivity index (χ0v) is 31.5. The molecule has 0 amide bonds. The van der Waals surface area contributed by atoms with E-state index in [0.29, 0.717) is 0 Å². The van der Waals surface area contributed by atoms with E-state index in [1.807, 2.05) is 17.4 Å². The minimum atomic E-state index is -0.238. The Morgan fingerprint density at radius 2 is 1.26 bits per heavy atom. The van der Waals surface area contributed by atoms with E-state index in [2.05, 4.69) is 191 Å². The normalized spacial score (nSPS) is 15.9. The Labute approximate surface area is 332 Å². The van der Waals surface area contributed by atoms with Gasteiger partial charge in [-0.3, -0.25) is 5.32 Å². The largest absolute Gasteiger partial charge is 0.456 e. The summed E-state index contributed by atoms with van der Waals surface area (Å²) in [4.78, 5) is 5.29. The van der Waals surface area contributed by atoms with Crippen molar-refractivity contribution in [1.29, 1.82) is 0 Å². The van der Waals surface area contributed by atoms with E-state index in [0.717, 1.165) is 50.2 Å². The summed E-state index contributed by atoms with van der Waals surface area (Å²) < 4.78 is 11.4. The first kappa shape index (κ1) is 32.3. The van der Waals surface area contributed by atoms with Gasteiger partial charge in [-0.05, 0) is 65.2 Å². The number of thiophene rings is 1. The molecule has 12 rings (SSSR count). The minimum Gasteiger partial charge on any atom is -0.456 e. The summed E-state index contributed by atoms with van der Waals surface area (Å²) >= 11 is 1.84. The highest BCUT2D eigenvalue weighted by Gasteiger charge is 2.27. The zero-order chi connectivity index (χ0) is 37.5. The third-order valence-corrected chi connectivity index (χ3v) is 12.7. The molecule has 0 saturated carbocycles. The molecule has 8 aromatic carbocycles. The monoisotopic (exact) mass is 750 g/mol. The van der Waals surface area contributed by atoms with Crippen molar-refractivity contribution in [2.75, 3.05) is 0 Å². The van der Waals surface area contributed by atoms with Crippen molar-refractivity contribution in [1.82, 2.24) is 15.2 Å². The second-order valence-electron chi connectivity index (χ2n) is 14.8. The first-order chi connectivity index (χ1) is 28.2. The summed E-state index contributed by atoms with van der Waals surface area (Å²) in [6, 6.07) is 64.9. The van der Waals surface area contributed by atoms with Gasteiger partial charge in [-0.25, -0.2) is 4.99 Å². The predicted octanol–water partition coefficient (Wildman–Crippen LogP) is 13.1. The number of hydrogen-bond acceptors (Lipinski definition) is 5. The molecule has 5 nitrogen and oxygen atoms in total.